The molecule has 9 heteroatoms. The number of alkyl carbamates (subject to hydrolysis) is 1. The number of unbranched alkanes of at least 4 members (excludes halogenated alkanes) is 2. The minimum atomic E-state index is -1.26. The van der Waals surface area contributed by atoms with Crippen LogP contribution in [0.15, 0.2) is 24.7 Å². The zero-order valence-electron chi connectivity index (χ0n) is 15.8. The van der Waals surface area contributed by atoms with Crippen LogP contribution in [0, 0.1) is 0 Å². The van der Waals surface area contributed by atoms with Crippen LogP contribution in [0.25, 0.3) is 0 Å². The molecular formula is C18H29N3O6. The molecule has 0 saturated heterocycles. The van der Waals surface area contributed by atoms with E-state index in [1.807, 2.05) is 6.92 Å². The van der Waals surface area contributed by atoms with E-state index in [4.69, 9.17) is 14.9 Å². The van der Waals surface area contributed by atoms with Gasteiger partial charge in [-0.2, -0.15) is 0 Å². The van der Waals surface area contributed by atoms with E-state index in [1.54, 1.807) is 12.5 Å². The molecule has 0 aromatic carbocycles. The number of carbonyl (C=O) groups is 3. The molecule has 0 saturated carbocycles. The third-order valence-electron chi connectivity index (χ3n) is 3.35. The van der Waals surface area contributed by atoms with E-state index in [9.17, 15) is 14.4 Å². The van der Waals surface area contributed by atoms with E-state index in [-0.39, 0.29) is 12.1 Å². The number of amides is 1. The Bertz CT molecular complexity index is 556. The van der Waals surface area contributed by atoms with Crippen LogP contribution in [0.2, 0.25) is 0 Å². The number of aromatic amines is 1. The number of aryl methyl sites for hydroxylation is 1. The predicted octanol–water partition coefficient (Wildman–Crippen LogP) is 2.75. The fourth-order valence-corrected chi connectivity index (χ4v) is 2.01. The average molecular weight is 383 g/mol. The van der Waals surface area contributed by atoms with Crippen LogP contribution in [0.1, 0.15) is 51.6 Å². The minimum absolute atomic E-state index is 0.187. The van der Waals surface area contributed by atoms with Gasteiger partial charge in [-0.15, -0.1) is 0 Å². The number of hydrogen-bond acceptors (Lipinski definition) is 5. The Hall–Kier alpha value is -2.84. The Kier molecular flexibility index (Phi) is 13.8. The van der Waals surface area contributed by atoms with Crippen LogP contribution >= 0.6 is 0 Å². The van der Waals surface area contributed by atoms with Gasteiger partial charge >= 0.3 is 18.0 Å². The molecule has 9 nitrogen and oxygen atoms in total. The zero-order chi connectivity index (χ0) is 20.5. The standard InChI is InChI=1S/C14H25N3O2.C4H4O4/c1-3-4-5-7-12(2)17-14(18)19-9-6-8-13-10-15-11-16-13;5-3(6)1-2-4(7)8/h10-12H,3-9H2,1-2H3,(H,15,16)(H,17,18);1-2H,(H,5,6)(H,7,8)/b;2-1+/t12-;/m1./s1. The number of carbonyl (C=O) groups excluding carboxylic acids is 1. The van der Waals surface area contributed by atoms with Gasteiger partial charge in [0, 0.05) is 30.1 Å². The summed E-state index contributed by atoms with van der Waals surface area (Å²) in [5.41, 5.74) is 1.07. The number of ether oxygens (including phenoxy) is 1. The van der Waals surface area contributed by atoms with E-state index in [1.165, 1.54) is 12.8 Å². The Labute approximate surface area is 158 Å². The minimum Gasteiger partial charge on any atom is -0.478 e. The maximum Gasteiger partial charge on any atom is 0.407 e. The van der Waals surface area contributed by atoms with Crippen molar-refractivity contribution in [2.45, 2.75) is 58.4 Å². The second kappa shape index (κ2) is 15.4. The van der Waals surface area contributed by atoms with Crippen molar-refractivity contribution in [3.8, 4) is 0 Å². The molecule has 27 heavy (non-hydrogen) atoms. The fourth-order valence-electron chi connectivity index (χ4n) is 2.01. The lowest BCUT2D eigenvalue weighted by Gasteiger charge is -2.13. The Morgan fingerprint density at radius 1 is 1.22 bits per heavy atom. The first-order valence-electron chi connectivity index (χ1n) is 8.89. The number of nitrogens with one attached hydrogen (secondary N) is 2. The molecule has 0 spiro atoms. The molecule has 4 N–H and O–H groups in total. The summed E-state index contributed by atoms with van der Waals surface area (Å²) in [6, 6.07) is 0.187. The quantitative estimate of drug-likeness (QED) is 0.340. The van der Waals surface area contributed by atoms with E-state index in [0.717, 1.165) is 31.4 Å². The largest absolute Gasteiger partial charge is 0.478 e. The summed E-state index contributed by atoms with van der Waals surface area (Å²) in [7, 11) is 0. The molecular weight excluding hydrogens is 354 g/mol. The molecule has 1 heterocycles. The topological polar surface area (TPSA) is 142 Å². The predicted molar refractivity (Wildman–Crippen MR) is 99.4 cm³/mol. The molecule has 0 aliphatic rings. The number of H-pyrrole nitrogens is 1. The number of aromatic nitrogens is 2. The van der Waals surface area contributed by atoms with Gasteiger partial charge in [0.25, 0.3) is 0 Å². The van der Waals surface area contributed by atoms with E-state index in [0.29, 0.717) is 18.8 Å². The summed E-state index contributed by atoms with van der Waals surface area (Å²) in [6.07, 6.45) is 10.5. The number of nitrogens with zero attached hydrogens (tertiary/aromatic N) is 1. The summed E-state index contributed by atoms with van der Waals surface area (Å²) < 4.78 is 5.13. The van der Waals surface area contributed by atoms with E-state index >= 15 is 0 Å². The zero-order valence-corrected chi connectivity index (χ0v) is 15.8. The highest BCUT2D eigenvalue weighted by molar-refractivity contribution is 5.89. The van der Waals surface area contributed by atoms with Crippen LogP contribution in [-0.2, 0) is 20.7 Å². The van der Waals surface area contributed by atoms with Crippen molar-refractivity contribution in [1.82, 2.24) is 15.3 Å². The van der Waals surface area contributed by atoms with Gasteiger partial charge in [0.1, 0.15) is 0 Å². The Morgan fingerprint density at radius 3 is 2.41 bits per heavy atom. The molecule has 1 rings (SSSR count). The van der Waals surface area contributed by atoms with Crippen LogP contribution in [0.5, 0.6) is 0 Å². The molecule has 1 amide bonds. The van der Waals surface area contributed by atoms with Gasteiger partial charge in [-0.25, -0.2) is 19.4 Å². The van der Waals surface area contributed by atoms with Gasteiger partial charge in [0.15, 0.2) is 0 Å². The Morgan fingerprint density at radius 2 is 1.89 bits per heavy atom. The lowest BCUT2D eigenvalue weighted by atomic mass is 10.1. The van der Waals surface area contributed by atoms with Crippen molar-refractivity contribution in [2.24, 2.45) is 0 Å². The normalized spacial score (nSPS) is 11.3. The second-order valence-corrected chi connectivity index (χ2v) is 5.87. The van der Waals surface area contributed by atoms with E-state index in [2.05, 4.69) is 22.2 Å². The van der Waals surface area contributed by atoms with Crippen molar-refractivity contribution >= 4 is 18.0 Å². The molecule has 1 aromatic rings. The number of rotatable bonds is 11. The number of aliphatic carboxylic acids is 2. The summed E-state index contributed by atoms with van der Waals surface area (Å²) in [4.78, 5) is 37.6. The summed E-state index contributed by atoms with van der Waals surface area (Å²) in [5, 5.41) is 18.5. The lowest BCUT2D eigenvalue weighted by molar-refractivity contribution is -0.134. The van der Waals surface area contributed by atoms with Crippen LogP contribution in [-0.4, -0.2) is 50.9 Å². The third-order valence-corrected chi connectivity index (χ3v) is 3.35. The van der Waals surface area contributed by atoms with Crippen molar-refractivity contribution in [3.05, 3.63) is 30.4 Å². The average Bonchev–Trinajstić information content (AvgIpc) is 3.11. The maximum atomic E-state index is 11.5. The summed E-state index contributed by atoms with van der Waals surface area (Å²) in [6.45, 7) is 4.63. The number of carboxylic acids is 2. The van der Waals surface area contributed by atoms with E-state index < -0.39 is 11.9 Å². The van der Waals surface area contributed by atoms with Crippen molar-refractivity contribution < 1.29 is 29.3 Å². The van der Waals surface area contributed by atoms with Crippen molar-refractivity contribution in [2.75, 3.05) is 6.61 Å². The van der Waals surface area contributed by atoms with Crippen LogP contribution < -0.4 is 5.32 Å². The van der Waals surface area contributed by atoms with Gasteiger partial charge in [-0.3, -0.25) is 0 Å². The summed E-state index contributed by atoms with van der Waals surface area (Å²) in [5.74, 6) is -2.51. The van der Waals surface area contributed by atoms with Crippen molar-refractivity contribution in [3.63, 3.8) is 0 Å². The number of hydrogen-bond donors (Lipinski definition) is 4. The molecule has 1 aromatic heterocycles. The first kappa shape index (κ1) is 24.2. The smallest absolute Gasteiger partial charge is 0.407 e. The van der Waals surface area contributed by atoms with Gasteiger partial charge < -0.3 is 25.3 Å². The van der Waals surface area contributed by atoms with Crippen LogP contribution in [0.3, 0.4) is 0 Å². The lowest BCUT2D eigenvalue weighted by Crippen LogP contribution is -2.33. The highest BCUT2D eigenvalue weighted by Crippen LogP contribution is 2.03. The Balaban J connectivity index is 0.000000713. The van der Waals surface area contributed by atoms with Gasteiger partial charge in [-0.05, 0) is 26.2 Å². The molecule has 1 atom stereocenters. The second-order valence-electron chi connectivity index (χ2n) is 5.87. The summed E-state index contributed by atoms with van der Waals surface area (Å²) >= 11 is 0. The monoisotopic (exact) mass is 383 g/mol. The maximum absolute atomic E-state index is 11.5. The molecule has 0 radical (unpaired) electrons. The molecule has 0 bridgehead atoms. The van der Waals surface area contributed by atoms with Gasteiger partial charge in [0.2, 0.25) is 0 Å². The number of imidazole rings is 1. The molecule has 152 valence electrons. The van der Waals surface area contributed by atoms with Gasteiger partial charge in [0.05, 0.1) is 12.9 Å². The van der Waals surface area contributed by atoms with Gasteiger partial charge in [-0.1, -0.05) is 26.2 Å². The third kappa shape index (κ3) is 16.4. The van der Waals surface area contributed by atoms with Crippen molar-refractivity contribution in [1.29, 1.82) is 0 Å². The first-order chi connectivity index (χ1) is 12.8. The SMILES string of the molecule is CCCCC[C@@H](C)NC(=O)OCCCc1cnc[nH]1.O=C(O)/C=C/C(=O)O. The fraction of sp³-hybridized carbons (Fsp3) is 0.556. The first-order valence-corrected chi connectivity index (χ1v) is 8.89. The highest BCUT2D eigenvalue weighted by Gasteiger charge is 2.07. The molecule has 0 unspecified atom stereocenters. The molecule has 0 fully saturated rings. The number of carboxylic acid groups (broad SMARTS) is 2. The van der Waals surface area contributed by atoms with Crippen LogP contribution in [0.4, 0.5) is 4.79 Å². The highest BCUT2D eigenvalue weighted by atomic mass is 16.5. The molecule has 0 aliphatic carbocycles. The molecule has 0 aliphatic heterocycles.